The first-order valence-electron chi connectivity index (χ1n) is 6.68. The second kappa shape index (κ2) is 6.47. The molecule has 2 heterocycles. The highest BCUT2D eigenvalue weighted by Gasteiger charge is 2.13. The van der Waals surface area contributed by atoms with Crippen molar-refractivity contribution in [2.45, 2.75) is 39.2 Å². The molecule has 0 spiro atoms. The Labute approximate surface area is 113 Å². The molecule has 19 heavy (non-hydrogen) atoms. The van der Waals surface area contributed by atoms with E-state index in [-0.39, 0.29) is 0 Å². The molecule has 0 atom stereocenters. The van der Waals surface area contributed by atoms with Crippen LogP contribution in [-0.4, -0.2) is 31.7 Å². The lowest BCUT2D eigenvalue weighted by Gasteiger charge is -2.04. The second-order valence-corrected chi connectivity index (χ2v) is 4.56. The fourth-order valence-electron chi connectivity index (χ4n) is 2.01. The number of hydrogen-bond acceptors (Lipinski definition) is 4. The van der Waals surface area contributed by atoms with Crippen LogP contribution in [0.4, 0.5) is 0 Å². The summed E-state index contributed by atoms with van der Waals surface area (Å²) in [5.41, 5.74) is 0. The van der Waals surface area contributed by atoms with Crippen molar-refractivity contribution in [2.24, 2.45) is 7.05 Å². The summed E-state index contributed by atoms with van der Waals surface area (Å²) in [5, 5.41) is 8.73. The van der Waals surface area contributed by atoms with Gasteiger partial charge in [0, 0.05) is 26.6 Å². The van der Waals surface area contributed by atoms with Gasteiger partial charge in [0.1, 0.15) is 6.61 Å². The van der Waals surface area contributed by atoms with Crippen LogP contribution in [0, 0.1) is 0 Å². The predicted molar refractivity (Wildman–Crippen MR) is 72.1 cm³/mol. The lowest BCUT2D eigenvalue weighted by atomic mass is 10.2. The summed E-state index contributed by atoms with van der Waals surface area (Å²) in [5.74, 6) is 2.60. The highest BCUT2D eigenvalue weighted by atomic mass is 16.5. The molecular formula is C13H21N5O. The quantitative estimate of drug-likeness (QED) is 0.716. The van der Waals surface area contributed by atoms with Gasteiger partial charge in [0.25, 0.3) is 0 Å². The third kappa shape index (κ3) is 3.20. The summed E-state index contributed by atoms with van der Waals surface area (Å²) in [6.45, 7) is 2.64. The van der Waals surface area contributed by atoms with E-state index < -0.39 is 0 Å². The van der Waals surface area contributed by atoms with Crippen LogP contribution >= 0.6 is 0 Å². The van der Waals surface area contributed by atoms with Crippen molar-refractivity contribution >= 4 is 0 Å². The molecule has 0 aliphatic rings. The third-order valence-electron chi connectivity index (χ3n) is 3.01. The molecule has 6 nitrogen and oxygen atoms in total. The number of nitrogens with zero attached hydrogens (tertiary/aromatic N) is 5. The molecule has 0 amide bonds. The first-order valence-corrected chi connectivity index (χ1v) is 6.68. The molecule has 2 aromatic heterocycles. The summed E-state index contributed by atoms with van der Waals surface area (Å²) in [7, 11) is 3.56. The van der Waals surface area contributed by atoms with Crippen LogP contribution in [0.15, 0.2) is 12.3 Å². The van der Waals surface area contributed by atoms with E-state index in [1.54, 1.807) is 18.0 Å². The molecule has 2 rings (SSSR count). The summed E-state index contributed by atoms with van der Waals surface area (Å²) in [6.07, 6.45) is 6.20. The number of rotatable bonds is 7. The topological polar surface area (TPSA) is 57.8 Å². The van der Waals surface area contributed by atoms with Crippen molar-refractivity contribution in [3.05, 3.63) is 23.9 Å². The molecule has 2 aromatic rings. The van der Waals surface area contributed by atoms with Crippen LogP contribution in [0.2, 0.25) is 0 Å². The number of hydrogen-bond donors (Lipinski definition) is 0. The fraction of sp³-hybridized carbons (Fsp3) is 0.615. The van der Waals surface area contributed by atoms with Crippen LogP contribution in [-0.2, 0) is 24.8 Å². The van der Waals surface area contributed by atoms with Crippen LogP contribution in [0.1, 0.15) is 37.8 Å². The van der Waals surface area contributed by atoms with Gasteiger partial charge >= 0.3 is 0 Å². The van der Waals surface area contributed by atoms with E-state index in [0.717, 1.165) is 30.3 Å². The van der Waals surface area contributed by atoms with Gasteiger partial charge in [0.15, 0.2) is 17.5 Å². The van der Waals surface area contributed by atoms with E-state index in [0.29, 0.717) is 6.61 Å². The molecule has 6 heteroatoms. The number of aryl methyl sites for hydroxylation is 2. The lowest BCUT2D eigenvalue weighted by molar-refractivity contribution is 0.175. The van der Waals surface area contributed by atoms with Gasteiger partial charge in [0.2, 0.25) is 0 Å². The predicted octanol–water partition coefficient (Wildman–Crippen LogP) is 1.88. The van der Waals surface area contributed by atoms with Gasteiger partial charge < -0.3 is 4.74 Å². The standard InChI is InChI=1S/C13H21N5O/c1-4-5-6-7-11-15-12(10-19-3)18(16-11)13-8-9-14-17(13)2/h8-9H,4-7,10H2,1-3H3. The number of methoxy groups -OCH3 is 1. The minimum absolute atomic E-state index is 0.450. The maximum atomic E-state index is 5.19. The molecule has 0 saturated heterocycles. The van der Waals surface area contributed by atoms with Crippen molar-refractivity contribution in [3.63, 3.8) is 0 Å². The Morgan fingerprint density at radius 2 is 2.16 bits per heavy atom. The highest BCUT2D eigenvalue weighted by molar-refractivity contribution is 5.21. The Hall–Kier alpha value is -1.69. The van der Waals surface area contributed by atoms with Crippen LogP contribution in [0.25, 0.3) is 5.82 Å². The van der Waals surface area contributed by atoms with E-state index in [9.17, 15) is 0 Å². The molecule has 0 fully saturated rings. The SMILES string of the molecule is CCCCCc1nc(COC)n(-c2ccnn2C)n1. The van der Waals surface area contributed by atoms with Gasteiger partial charge in [-0.25, -0.2) is 4.98 Å². The summed E-state index contributed by atoms with van der Waals surface area (Å²) in [4.78, 5) is 4.55. The Morgan fingerprint density at radius 1 is 1.32 bits per heavy atom. The van der Waals surface area contributed by atoms with Gasteiger partial charge in [-0.3, -0.25) is 4.68 Å². The number of aromatic nitrogens is 5. The molecule has 0 N–H and O–H groups in total. The Kier molecular flexibility index (Phi) is 4.68. The smallest absolute Gasteiger partial charge is 0.160 e. The number of ether oxygens (including phenoxy) is 1. The molecule has 0 bridgehead atoms. The minimum atomic E-state index is 0.450. The van der Waals surface area contributed by atoms with Gasteiger partial charge in [-0.2, -0.15) is 9.78 Å². The molecule has 104 valence electrons. The average molecular weight is 263 g/mol. The average Bonchev–Trinajstić information content (AvgIpc) is 2.97. The summed E-state index contributed by atoms with van der Waals surface area (Å²) in [6, 6.07) is 1.92. The van der Waals surface area contributed by atoms with Crippen molar-refractivity contribution in [2.75, 3.05) is 7.11 Å². The zero-order valence-corrected chi connectivity index (χ0v) is 11.8. The first-order chi connectivity index (χ1) is 9.26. The minimum Gasteiger partial charge on any atom is -0.377 e. The molecule has 0 unspecified atom stereocenters. The zero-order valence-electron chi connectivity index (χ0n) is 11.8. The Bertz CT molecular complexity index is 517. The monoisotopic (exact) mass is 263 g/mol. The van der Waals surface area contributed by atoms with Crippen molar-refractivity contribution < 1.29 is 4.74 Å². The maximum absolute atomic E-state index is 5.19. The summed E-state index contributed by atoms with van der Waals surface area (Å²) < 4.78 is 8.79. The van der Waals surface area contributed by atoms with E-state index in [1.807, 2.05) is 17.8 Å². The molecule has 0 aliphatic heterocycles. The normalized spacial score (nSPS) is 11.1. The van der Waals surface area contributed by atoms with Crippen LogP contribution in [0.3, 0.4) is 0 Å². The fourth-order valence-corrected chi connectivity index (χ4v) is 2.01. The van der Waals surface area contributed by atoms with Crippen molar-refractivity contribution in [1.29, 1.82) is 0 Å². The first kappa shape index (κ1) is 13.7. The van der Waals surface area contributed by atoms with Gasteiger partial charge in [-0.15, -0.1) is 5.10 Å². The van der Waals surface area contributed by atoms with Crippen LogP contribution < -0.4 is 0 Å². The van der Waals surface area contributed by atoms with E-state index in [2.05, 4.69) is 22.1 Å². The van der Waals surface area contributed by atoms with Crippen LogP contribution in [0.5, 0.6) is 0 Å². The highest BCUT2D eigenvalue weighted by Crippen LogP contribution is 2.11. The van der Waals surface area contributed by atoms with E-state index >= 15 is 0 Å². The molecule has 0 saturated carbocycles. The third-order valence-corrected chi connectivity index (χ3v) is 3.01. The maximum Gasteiger partial charge on any atom is 0.160 e. The second-order valence-electron chi connectivity index (χ2n) is 4.56. The number of unbranched alkanes of at least 4 members (excludes halogenated alkanes) is 2. The zero-order chi connectivity index (χ0) is 13.7. The van der Waals surface area contributed by atoms with Crippen molar-refractivity contribution in [3.8, 4) is 5.82 Å². The van der Waals surface area contributed by atoms with Gasteiger partial charge in [-0.05, 0) is 6.42 Å². The van der Waals surface area contributed by atoms with E-state index in [4.69, 9.17) is 4.74 Å². The molecule has 0 aliphatic carbocycles. The Morgan fingerprint density at radius 3 is 2.79 bits per heavy atom. The molecule has 0 radical (unpaired) electrons. The van der Waals surface area contributed by atoms with Gasteiger partial charge in [0.05, 0.1) is 6.20 Å². The Balaban J connectivity index is 2.23. The van der Waals surface area contributed by atoms with E-state index in [1.165, 1.54) is 12.8 Å². The largest absolute Gasteiger partial charge is 0.377 e. The summed E-state index contributed by atoms with van der Waals surface area (Å²) >= 11 is 0. The van der Waals surface area contributed by atoms with Crippen molar-refractivity contribution in [1.82, 2.24) is 24.5 Å². The molecular weight excluding hydrogens is 242 g/mol. The van der Waals surface area contributed by atoms with Gasteiger partial charge in [-0.1, -0.05) is 19.8 Å². The molecule has 0 aromatic carbocycles. The lowest BCUT2D eigenvalue weighted by Crippen LogP contribution is -2.09.